The van der Waals surface area contributed by atoms with Crippen LogP contribution >= 0.6 is 0 Å². The van der Waals surface area contributed by atoms with Crippen LogP contribution in [0.15, 0.2) is 66.7 Å². The van der Waals surface area contributed by atoms with Gasteiger partial charge in [-0.1, -0.05) is 48.5 Å². The van der Waals surface area contributed by atoms with Crippen LogP contribution in [0.4, 0.5) is 5.69 Å². The van der Waals surface area contributed by atoms with Gasteiger partial charge in [0.1, 0.15) is 5.75 Å². The Morgan fingerprint density at radius 3 is 2.68 bits per heavy atom. The van der Waals surface area contributed by atoms with E-state index in [0.717, 1.165) is 30.2 Å². The van der Waals surface area contributed by atoms with Crippen LogP contribution in [0, 0.1) is 0 Å². The third kappa shape index (κ3) is 5.03. The van der Waals surface area contributed by atoms with Crippen molar-refractivity contribution in [2.45, 2.75) is 32.0 Å². The number of hydrogen-bond donors (Lipinski definition) is 2. The molecule has 0 aromatic heterocycles. The average Bonchev–Trinajstić information content (AvgIpc) is 3.32. The molecular formula is C25H26N2O4. The molecule has 0 radical (unpaired) electrons. The van der Waals surface area contributed by atoms with E-state index in [-0.39, 0.29) is 17.9 Å². The standard InChI is InChI=1S/C25H26N2O4/c1-17(31-23-14-6-9-18-8-2-3-11-20(18)23)24(28)27-22-13-5-4-12-21(22)25(29)26-16-19-10-7-15-30-19/h2-6,8-9,11-14,17,19H,7,10,15-16H2,1H3,(H,26,29)(H,27,28)/t17-,19-/m1/s1. The summed E-state index contributed by atoms with van der Waals surface area (Å²) >= 11 is 0. The second-order valence-corrected chi connectivity index (χ2v) is 7.62. The van der Waals surface area contributed by atoms with Gasteiger partial charge in [0.25, 0.3) is 11.8 Å². The summed E-state index contributed by atoms with van der Waals surface area (Å²) < 4.78 is 11.5. The van der Waals surface area contributed by atoms with Gasteiger partial charge in [0, 0.05) is 18.5 Å². The number of amides is 2. The maximum atomic E-state index is 12.8. The minimum Gasteiger partial charge on any atom is -0.480 e. The van der Waals surface area contributed by atoms with E-state index in [1.54, 1.807) is 31.2 Å². The summed E-state index contributed by atoms with van der Waals surface area (Å²) in [6.07, 6.45) is 1.28. The summed E-state index contributed by atoms with van der Waals surface area (Å²) in [6, 6.07) is 20.6. The Morgan fingerprint density at radius 2 is 1.84 bits per heavy atom. The minimum atomic E-state index is -0.742. The molecule has 160 valence electrons. The van der Waals surface area contributed by atoms with Crippen LogP contribution in [0.5, 0.6) is 5.75 Å². The molecule has 0 saturated carbocycles. The van der Waals surface area contributed by atoms with Crippen LogP contribution < -0.4 is 15.4 Å². The molecule has 1 aliphatic rings. The van der Waals surface area contributed by atoms with Crippen molar-refractivity contribution in [1.82, 2.24) is 5.32 Å². The van der Waals surface area contributed by atoms with Crippen molar-refractivity contribution in [3.8, 4) is 5.75 Å². The number of para-hydroxylation sites is 1. The summed E-state index contributed by atoms with van der Waals surface area (Å²) in [4.78, 5) is 25.5. The highest BCUT2D eigenvalue weighted by Crippen LogP contribution is 2.26. The molecule has 1 saturated heterocycles. The summed E-state index contributed by atoms with van der Waals surface area (Å²) in [5.74, 6) is 0.0738. The fraction of sp³-hybridized carbons (Fsp3) is 0.280. The van der Waals surface area contributed by atoms with Crippen LogP contribution in [0.1, 0.15) is 30.1 Å². The Labute approximate surface area is 181 Å². The summed E-state index contributed by atoms with van der Waals surface area (Å²) in [6.45, 7) is 2.89. The number of carbonyl (C=O) groups is 2. The van der Waals surface area contributed by atoms with E-state index in [2.05, 4.69) is 10.6 Å². The van der Waals surface area contributed by atoms with Crippen LogP contribution in [0.2, 0.25) is 0 Å². The Kier molecular flexibility index (Phi) is 6.48. The molecule has 2 amide bonds. The lowest BCUT2D eigenvalue weighted by atomic mass is 10.1. The van der Waals surface area contributed by atoms with Crippen molar-refractivity contribution in [3.63, 3.8) is 0 Å². The van der Waals surface area contributed by atoms with Gasteiger partial charge in [0.05, 0.1) is 17.4 Å². The molecule has 3 aromatic carbocycles. The predicted octanol–water partition coefficient (Wildman–Crippen LogP) is 4.15. The molecule has 1 heterocycles. The van der Waals surface area contributed by atoms with Gasteiger partial charge < -0.3 is 20.1 Å². The zero-order chi connectivity index (χ0) is 21.6. The van der Waals surface area contributed by atoms with E-state index in [4.69, 9.17) is 9.47 Å². The minimum absolute atomic E-state index is 0.0554. The lowest BCUT2D eigenvalue weighted by Crippen LogP contribution is -2.34. The van der Waals surface area contributed by atoms with Crippen molar-refractivity contribution in [2.75, 3.05) is 18.5 Å². The lowest BCUT2D eigenvalue weighted by Gasteiger charge is -2.18. The fourth-order valence-electron chi connectivity index (χ4n) is 3.67. The third-order valence-corrected chi connectivity index (χ3v) is 5.37. The average molecular weight is 418 g/mol. The molecule has 0 aliphatic carbocycles. The molecule has 31 heavy (non-hydrogen) atoms. The van der Waals surface area contributed by atoms with Crippen molar-refractivity contribution < 1.29 is 19.1 Å². The van der Waals surface area contributed by atoms with Gasteiger partial charge in [-0.3, -0.25) is 9.59 Å². The molecule has 2 atom stereocenters. The van der Waals surface area contributed by atoms with Crippen LogP contribution in [-0.4, -0.2) is 37.2 Å². The first kappa shape index (κ1) is 20.9. The number of anilines is 1. The maximum absolute atomic E-state index is 12.8. The number of ether oxygens (including phenoxy) is 2. The zero-order valence-electron chi connectivity index (χ0n) is 17.5. The normalized spacial score (nSPS) is 16.6. The van der Waals surface area contributed by atoms with Gasteiger partial charge in [-0.05, 0) is 43.4 Å². The van der Waals surface area contributed by atoms with Gasteiger partial charge >= 0.3 is 0 Å². The molecule has 3 aromatic rings. The molecule has 1 fully saturated rings. The second-order valence-electron chi connectivity index (χ2n) is 7.62. The molecule has 0 spiro atoms. The quantitative estimate of drug-likeness (QED) is 0.604. The van der Waals surface area contributed by atoms with Crippen LogP contribution in [0.25, 0.3) is 10.8 Å². The summed E-state index contributed by atoms with van der Waals surface area (Å²) in [5.41, 5.74) is 0.858. The molecule has 2 N–H and O–H groups in total. The molecule has 6 heteroatoms. The number of nitrogens with one attached hydrogen (secondary N) is 2. The first-order chi connectivity index (χ1) is 15.1. The van der Waals surface area contributed by atoms with Gasteiger partial charge in [0.2, 0.25) is 0 Å². The van der Waals surface area contributed by atoms with Crippen LogP contribution in [-0.2, 0) is 9.53 Å². The largest absolute Gasteiger partial charge is 0.480 e. The van der Waals surface area contributed by atoms with Crippen molar-refractivity contribution in [1.29, 1.82) is 0 Å². The van der Waals surface area contributed by atoms with Crippen molar-refractivity contribution >= 4 is 28.3 Å². The molecular weight excluding hydrogens is 392 g/mol. The van der Waals surface area contributed by atoms with E-state index < -0.39 is 6.10 Å². The lowest BCUT2D eigenvalue weighted by molar-refractivity contribution is -0.122. The molecule has 6 nitrogen and oxygen atoms in total. The number of fused-ring (bicyclic) bond motifs is 1. The van der Waals surface area contributed by atoms with E-state index in [1.807, 2.05) is 42.5 Å². The molecule has 1 aliphatic heterocycles. The Balaban J connectivity index is 1.42. The number of hydrogen-bond acceptors (Lipinski definition) is 4. The van der Waals surface area contributed by atoms with Gasteiger partial charge in [-0.25, -0.2) is 0 Å². The third-order valence-electron chi connectivity index (χ3n) is 5.37. The van der Waals surface area contributed by atoms with Crippen molar-refractivity contribution in [3.05, 3.63) is 72.3 Å². The highest BCUT2D eigenvalue weighted by Gasteiger charge is 2.21. The first-order valence-corrected chi connectivity index (χ1v) is 10.6. The highest BCUT2D eigenvalue weighted by atomic mass is 16.5. The van der Waals surface area contributed by atoms with Gasteiger partial charge in [0.15, 0.2) is 6.10 Å². The number of rotatable bonds is 7. The molecule has 0 unspecified atom stereocenters. The summed E-state index contributed by atoms with van der Waals surface area (Å²) in [7, 11) is 0. The first-order valence-electron chi connectivity index (χ1n) is 10.6. The van der Waals surface area contributed by atoms with E-state index in [0.29, 0.717) is 23.5 Å². The molecule has 4 rings (SSSR count). The zero-order valence-corrected chi connectivity index (χ0v) is 17.5. The SMILES string of the molecule is C[C@@H](Oc1cccc2ccccc12)C(=O)Nc1ccccc1C(=O)NC[C@H]1CCCO1. The Bertz CT molecular complexity index is 1070. The second kappa shape index (κ2) is 9.62. The molecule has 0 bridgehead atoms. The van der Waals surface area contributed by atoms with Gasteiger partial charge in [-0.2, -0.15) is 0 Å². The van der Waals surface area contributed by atoms with E-state index in [1.165, 1.54) is 0 Å². The fourth-order valence-corrected chi connectivity index (χ4v) is 3.67. The van der Waals surface area contributed by atoms with Crippen LogP contribution in [0.3, 0.4) is 0 Å². The Hall–Kier alpha value is -3.38. The summed E-state index contributed by atoms with van der Waals surface area (Å²) in [5, 5.41) is 7.71. The number of benzene rings is 3. The van der Waals surface area contributed by atoms with E-state index >= 15 is 0 Å². The number of carbonyl (C=O) groups excluding carboxylic acids is 2. The monoisotopic (exact) mass is 418 g/mol. The topological polar surface area (TPSA) is 76.7 Å². The van der Waals surface area contributed by atoms with Crippen molar-refractivity contribution in [2.24, 2.45) is 0 Å². The predicted molar refractivity (Wildman–Crippen MR) is 120 cm³/mol. The van der Waals surface area contributed by atoms with Gasteiger partial charge in [-0.15, -0.1) is 0 Å². The highest BCUT2D eigenvalue weighted by molar-refractivity contribution is 6.04. The Morgan fingerprint density at radius 1 is 1.06 bits per heavy atom. The van der Waals surface area contributed by atoms with E-state index in [9.17, 15) is 9.59 Å². The smallest absolute Gasteiger partial charge is 0.265 e. The maximum Gasteiger partial charge on any atom is 0.265 e.